The molecule has 0 N–H and O–H groups in total. The molecule has 0 bridgehead atoms. The molecule has 0 spiro atoms. The number of aromatic nitrogens is 2. The van der Waals surface area contributed by atoms with Gasteiger partial charge in [0.25, 0.3) is 0 Å². The summed E-state index contributed by atoms with van der Waals surface area (Å²) in [5.41, 5.74) is 1.14. The molecule has 24 heavy (non-hydrogen) atoms. The van der Waals surface area contributed by atoms with E-state index in [1.54, 1.807) is 0 Å². The molecule has 1 aliphatic carbocycles. The Morgan fingerprint density at radius 1 is 1.29 bits per heavy atom. The van der Waals surface area contributed by atoms with Crippen molar-refractivity contribution in [2.45, 2.75) is 64.1 Å². The van der Waals surface area contributed by atoms with Gasteiger partial charge in [0.1, 0.15) is 0 Å². The molecule has 6 heteroatoms. The molecule has 1 saturated carbocycles. The van der Waals surface area contributed by atoms with Gasteiger partial charge < -0.3 is 9.80 Å². The average molecular weight is 330 g/mol. The Bertz CT molecular complexity index is 637. The van der Waals surface area contributed by atoms with Crippen molar-refractivity contribution in [1.29, 1.82) is 0 Å². The third kappa shape index (κ3) is 3.06. The minimum Gasteiger partial charge on any atom is -0.339 e. The van der Waals surface area contributed by atoms with Gasteiger partial charge in [0.2, 0.25) is 11.8 Å². The van der Waals surface area contributed by atoms with Crippen LogP contribution in [0.3, 0.4) is 0 Å². The predicted octanol–water partition coefficient (Wildman–Crippen LogP) is 1.58. The Morgan fingerprint density at radius 3 is 2.83 bits per heavy atom. The molecule has 2 atom stereocenters. The van der Waals surface area contributed by atoms with Crippen molar-refractivity contribution in [3.8, 4) is 0 Å². The van der Waals surface area contributed by atoms with E-state index in [1.807, 2.05) is 33.8 Å². The van der Waals surface area contributed by atoms with Crippen LogP contribution in [0.25, 0.3) is 0 Å². The van der Waals surface area contributed by atoms with E-state index in [1.165, 1.54) is 0 Å². The lowest BCUT2D eigenvalue weighted by Gasteiger charge is -2.37. The second kappa shape index (κ2) is 6.22. The molecule has 2 aliphatic heterocycles. The fourth-order valence-corrected chi connectivity index (χ4v) is 4.13. The van der Waals surface area contributed by atoms with Crippen LogP contribution >= 0.6 is 0 Å². The quantitative estimate of drug-likeness (QED) is 0.842. The Balaban J connectivity index is 1.44. The van der Waals surface area contributed by atoms with Gasteiger partial charge in [-0.3, -0.25) is 14.3 Å². The van der Waals surface area contributed by atoms with Crippen LogP contribution in [0.4, 0.5) is 0 Å². The van der Waals surface area contributed by atoms with Crippen molar-refractivity contribution >= 4 is 11.8 Å². The Hall–Kier alpha value is -1.85. The maximum Gasteiger partial charge on any atom is 0.228 e. The van der Waals surface area contributed by atoms with E-state index in [-0.39, 0.29) is 23.8 Å². The zero-order valence-electron chi connectivity index (χ0n) is 14.4. The summed E-state index contributed by atoms with van der Waals surface area (Å²) in [4.78, 5) is 29.2. The molecule has 4 rings (SSSR count). The highest BCUT2D eigenvalue weighted by Gasteiger charge is 2.43. The summed E-state index contributed by atoms with van der Waals surface area (Å²) in [6.07, 6.45) is 9.76. The minimum atomic E-state index is -0.141. The molecule has 130 valence electrons. The first-order valence-electron chi connectivity index (χ1n) is 9.21. The molecule has 3 fully saturated rings. The maximum absolute atomic E-state index is 13.1. The summed E-state index contributed by atoms with van der Waals surface area (Å²) in [5, 5.41) is 4.37. The van der Waals surface area contributed by atoms with Gasteiger partial charge in [-0.05, 0) is 44.6 Å². The molecule has 3 heterocycles. The summed E-state index contributed by atoms with van der Waals surface area (Å²) in [5.74, 6) is 0.213. The van der Waals surface area contributed by atoms with Crippen LogP contribution in [-0.4, -0.2) is 56.6 Å². The van der Waals surface area contributed by atoms with E-state index >= 15 is 0 Å². The lowest BCUT2D eigenvalue weighted by Crippen LogP contribution is -2.48. The van der Waals surface area contributed by atoms with E-state index in [0.717, 1.165) is 50.8 Å². The highest BCUT2D eigenvalue weighted by molar-refractivity contribution is 5.89. The number of carbonyl (C=O) groups excluding carboxylic acids is 2. The van der Waals surface area contributed by atoms with Gasteiger partial charge in [-0.15, -0.1) is 0 Å². The van der Waals surface area contributed by atoms with E-state index in [2.05, 4.69) is 5.10 Å². The summed E-state index contributed by atoms with van der Waals surface area (Å²) in [6, 6.07) is 0.620. The number of carbonyl (C=O) groups is 2. The second-order valence-electron chi connectivity index (χ2n) is 7.60. The van der Waals surface area contributed by atoms with Crippen molar-refractivity contribution in [3.63, 3.8) is 0 Å². The highest BCUT2D eigenvalue weighted by atomic mass is 16.2. The van der Waals surface area contributed by atoms with Gasteiger partial charge in [0, 0.05) is 31.7 Å². The number of rotatable bonds is 4. The number of hydrogen-bond acceptors (Lipinski definition) is 3. The van der Waals surface area contributed by atoms with Gasteiger partial charge in [0.05, 0.1) is 24.7 Å². The third-order valence-electron chi connectivity index (χ3n) is 5.57. The van der Waals surface area contributed by atoms with Gasteiger partial charge >= 0.3 is 0 Å². The van der Waals surface area contributed by atoms with E-state index < -0.39 is 0 Å². The van der Waals surface area contributed by atoms with Crippen LogP contribution in [0.5, 0.6) is 0 Å². The minimum absolute atomic E-state index is 0.141. The van der Waals surface area contributed by atoms with E-state index in [9.17, 15) is 9.59 Å². The van der Waals surface area contributed by atoms with Crippen molar-refractivity contribution in [2.75, 3.05) is 13.1 Å². The SMILES string of the molecule is Cc1cnn(CC2CCCCN2C(=O)C2CC(=O)N(C3CC3)C2)c1. The average Bonchev–Trinajstić information content (AvgIpc) is 3.23. The number of hydrogen-bond donors (Lipinski definition) is 0. The Labute approximate surface area is 142 Å². The monoisotopic (exact) mass is 330 g/mol. The molecule has 2 amide bonds. The third-order valence-corrected chi connectivity index (χ3v) is 5.57. The predicted molar refractivity (Wildman–Crippen MR) is 89.2 cm³/mol. The smallest absolute Gasteiger partial charge is 0.228 e. The van der Waals surface area contributed by atoms with Gasteiger partial charge in [-0.1, -0.05) is 0 Å². The van der Waals surface area contributed by atoms with E-state index in [0.29, 0.717) is 19.0 Å². The first-order valence-corrected chi connectivity index (χ1v) is 9.21. The number of piperidine rings is 1. The number of nitrogens with zero attached hydrogens (tertiary/aromatic N) is 4. The van der Waals surface area contributed by atoms with Crippen LogP contribution in [0.1, 0.15) is 44.1 Å². The van der Waals surface area contributed by atoms with Crippen LogP contribution in [-0.2, 0) is 16.1 Å². The van der Waals surface area contributed by atoms with Crippen molar-refractivity contribution in [1.82, 2.24) is 19.6 Å². The molecule has 2 saturated heterocycles. The number of amides is 2. The molecule has 1 aromatic rings. The summed E-state index contributed by atoms with van der Waals surface area (Å²) in [6.45, 7) is 4.24. The van der Waals surface area contributed by atoms with Crippen LogP contribution in [0.15, 0.2) is 12.4 Å². The van der Waals surface area contributed by atoms with Gasteiger partial charge in [-0.2, -0.15) is 5.10 Å². The molecular formula is C18H26N4O2. The van der Waals surface area contributed by atoms with E-state index in [4.69, 9.17) is 0 Å². The van der Waals surface area contributed by atoms with Crippen LogP contribution in [0.2, 0.25) is 0 Å². The lowest BCUT2D eigenvalue weighted by molar-refractivity contribution is -0.139. The topological polar surface area (TPSA) is 58.4 Å². The van der Waals surface area contributed by atoms with Crippen molar-refractivity contribution in [2.24, 2.45) is 5.92 Å². The Kier molecular flexibility index (Phi) is 4.06. The normalized spacial score (nSPS) is 27.8. The van der Waals surface area contributed by atoms with Crippen molar-refractivity contribution in [3.05, 3.63) is 18.0 Å². The molecule has 3 aliphatic rings. The summed E-state index contributed by atoms with van der Waals surface area (Å²) >= 11 is 0. The van der Waals surface area contributed by atoms with Crippen molar-refractivity contribution < 1.29 is 9.59 Å². The zero-order valence-corrected chi connectivity index (χ0v) is 14.4. The molecule has 2 unspecified atom stereocenters. The highest BCUT2D eigenvalue weighted by Crippen LogP contribution is 2.34. The number of aryl methyl sites for hydroxylation is 1. The fourth-order valence-electron chi connectivity index (χ4n) is 4.13. The maximum atomic E-state index is 13.1. The first kappa shape index (κ1) is 15.7. The Morgan fingerprint density at radius 2 is 2.12 bits per heavy atom. The largest absolute Gasteiger partial charge is 0.339 e. The summed E-state index contributed by atoms with van der Waals surface area (Å²) in [7, 11) is 0. The fraction of sp³-hybridized carbons (Fsp3) is 0.722. The van der Waals surface area contributed by atoms with Crippen LogP contribution in [0, 0.1) is 12.8 Å². The van der Waals surface area contributed by atoms with Gasteiger partial charge in [0.15, 0.2) is 0 Å². The number of likely N-dealkylation sites (tertiary alicyclic amines) is 2. The molecule has 0 radical (unpaired) electrons. The molecule has 6 nitrogen and oxygen atoms in total. The van der Waals surface area contributed by atoms with Gasteiger partial charge in [-0.25, -0.2) is 0 Å². The second-order valence-corrected chi connectivity index (χ2v) is 7.60. The van der Waals surface area contributed by atoms with Crippen LogP contribution < -0.4 is 0 Å². The standard InChI is InChI=1S/C18H26N4O2/c1-13-9-19-20(10-13)12-16-4-2-3-7-21(16)18(24)14-8-17(23)22(11-14)15-5-6-15/h9-10,14-16H,2-8,11-12H2,1H3. The molecular weight excluding hydrogens is 304 g/mol. The zero-order chi connectivity index (χ0) is 16.7. The summed E-state index contributed by atoms with van der Waals surface area (Å²) < 4.78 is 1.95. The lowest BCUT2D eigenvalue weighted by atomic mass is 9.98. The molecule has 1 aromatic heterocycles. The first-order chi connectivity index (χ1) is 11.6. The molecule has 0 aromatic carbocycles.